The van der Waals surface area contributed by atoms with E-state index in [1.54, 1.807) is 42.7 Å². The van der Waals surface area contributed by atoms with Crippen LogP contribution in [0.5, 0.6) is 11.5 Å². The second kappa shape index (κ2) is 11.6. The number of methoxy groups -OCH3 is 2. The van der Waals surface area contributed by atoms with Crippen molar-refractivity contribution in [2.45, 2.75) is 35.7 Å². The van der Waals surface area contributed by atoms with Crippen molar-refractivity contribution in [3.63, 3.8) is 0 Å². The molecule has 7 nitrogen and oxygen atoms in total. The third kappa shape index (κ3) is 5.67. The number of fused-ring (bicyclic) bond motifs is 1. The maximum absolute atomic E-state index is 13.5. The molecule has 1 fully saturated rings. The van der Waals surface area contributed by atoms with Crippen LogP contribution in [-0.4, -0.2) is 59.2 Å². The molecule has 2 aliphatic rings. The zero-order valence-electron chi connectivity index (χ0n) is 21.1. The highest BCUT2D eigenvalue weighted by molar-refractivity contribution is 8.00. The van der Waals surface area contributed by atoms with Crippen molar-refractivity contribution in [2.75, 3.05) is 38.8 Å². The van der Waals surface area contributed by atoms with Gasteiger partial charge in [0.15, 0.2) is 16.7 Å². The minimum atomic E-state index is -0.101. The Morgan fingerprint density at radius 3 is 2.57 bits per heavy atom. The van der Waals surface area contributed by atoms with Crippen LogP contribution in [0.15, 0.2) is 63.4 Å². The second-order valence-corrected chi connectivity index (χ2v) is 11.3. The van der Waals surface area contributed by atoms with E-state index in [1.807, 2.05) is 17.0 Å². The van der Waals surface area contributed by atoms with Gasteiger partial charge in [-0.25, -0.2) is 4.98 Å². The number of amides is 1. The molecule has 0 radical (unpaired) electrons. The van der Waals surface area contributed by atoms with Crippen LogP contribution in [0.1, 0.15) is 24.1 Å². The predicted molar refractivity (Wildman–Crippen MR) is 148 cm³/mol. The number of ether oxygens (including phenoxy) is 2. The summed E-state index contributed by atoms with van der Waals surface area (Å²) in [4.78, 5) is 34.1. The van der Waals surface area contributed by atoms with Crippen LogP contribution in [0.25, 0.3) is 5.69 Å². The summed E-state index contributed by atoms with van der Waals surface area (Å²) in [6, 6.07) is 15.9. The Hall–Kier alpha value is -2.91. The molecule has 0 spiro atoms. The molecule has 9 heteroatoms. The first kappa shape index (κ1) is 25.7. The van der Waals surface area contributed by atoms with Gasteiger partial charge in [-0.3, -0.25) is 14.2 Å². The van der Waals surface area contributed by atoms with E-state index >= 15 is 0 Å². The fourth-order valence-electron chi connectivity index (χ4n) is 4.93. The van der Waals surface area contributed by atoms with Crippen LogP contribution in [0.2, 0.25) is 0 Å². The first-order chi connectivity index (χ1) is 18.1. The molecule has 0 unspecified atom stereocenters. The van der Waals surface area contributed by atoms with Crippen molar-refractivity contribution >= 4 is 29.4 Å². The van der Waals surface area contributed by atoms with Gasteiger partial charge in [0, 0.05) is 31.3 Å². The van der Waals surface area contributed by atoms with Crippen LogP contribution in [-0.2, 0) is 17.6 Å². The number of piperidine rings is 1. The summed E-state index contributed by atoms with van der Waals surface area (Å²) >= 11 is 2.87. The zero-order valence-corrected chi connectivity index (χ0v) is 22.8. The lowest BCUT2D eigenvalue weighted by molar-refractivity contribution is -0.129. The standard InChI is InChI=1S/C28H31N3O4S2/c1-34-23-9-8-21(17-24(23)35-2)31-27(33)26-22(12-15-36-26)29-28(31)37-18-25(32)30-13-10-20(11-14-30)16-19-6-4-3-5-7-19/h3-9,17,20H,10-16,18H2,1-2H3. The van der Waals surface area contributed by atoms with E-state index in [-0.39, 0.29) is 17.2 Å². The van der Waals surface area contributed by atoms with E-state index in [2.05, 4.69) is 24.3 Å². The van der Waals surface area contributed by atoms with Crippen LogP contribution in [0, 0.1) is 5.92 Å². The lowest BCUT2D eigenvalue weighted by Gasteiger charge is -2.32. The summed E-state index contributed by atoms with van der Waals surface area (Å²) in [5.74, 6) is 2.90. The van der Waals surface area contributed by atoms with E-state index in [9.17, 15) is 9.59 Å². The molecule has 37 heavy (non-hydrogen) atoms. The molecule has 0 bridgehead atoms. The summed E-state index contributed by atoms with van der Waals surface area (Å²) in [5, 5.41) is 0.533. The molecule has 2 aromatic carbocycles. The topological polar surface area (TPSA) is 73.7 Å². The van der Waals surface area contributed by atoms with E-state index in [0.29, 0.717) is 33.2 Å². The zero-order chi connectivity index (χ0) is 25.8. The molecule has 1 aromatic heterocycles. The van der Waals surface area contributed by atoms with Gasteiger partial charge in [0.1, 0.15) is 0 Å². The van der Waals surface area contributed by atoms with Crippen molar-refractivity contribution in [3.8, 4) is 17.2 Å². The molecule has 0 N–H and O–H groups in total. The van der Waals surface area contributed by atoms with Crippen LogP contribution in [0.4, 0.5) is 0 Å². The number of benzene rings is 2. The molecule has 0 atom stereocenters. The highest BCUT2D eigenvalue weighted by Crippen LogP contribution is 2.33. The number of likely N-dealkylation sites (tertiary alicyclic amines) is 1. The lowest BCUT2D eigenvalue weighted by atomic mass is 9.90. The third-order valence-electron chi connectivity index (χ3n) is 6.95. The number of hydrogen-bond acceptors (Lipinski definition) is 7. The molecule has 0 aliphatic carbocycles. The van der Waals surface area contributed by atoms with E-state index in [1.165, 1.54) is 17.3 Å². The van der Waals surface area contributed by atoms with Gasteiger partial charge in [-0.05, 0) is 42.9 Å². The van der Waals surface area contributed by atoms with Gasteiger partial charge in [-0.15, -0.1) is 11.8 Å². The van der Waals surface area contributed by atoms with Gasteiger partial charge in [0.05, 0.1) is 36.2 Å². The van der Waals surface area contributed by atoms with Crippen molar-refractivity contribution < 1.29 is 14.3 Å². The fourth-order valence-corrected chi connectivity index (χ4v) is 6.89. The molecule has 3 aromatic rings. The number of carbonyl (C=O) groups is 1. The van der Waals surface area contributed by atoms with Crippen LogP contribution in [0.3, 0.4) is 0 Å². The van der Waals surface area contributed by atoms with Gasteiger partial charge in [0.25, 0.3) is 5.56 Å². The van der Waals surface area contributed by atoms with Gasteiger partial charge in [-0.1, -0.05) is 42.1 Å². The number of aromatic nitrogens is 2. The van der Waals surface area contributed by atoms with Crippen molar-refractivity contribution in [1.82, 2.24) is 14.5 Å². The third-order valence-corrected chi connectivity index (χ3v) is 8.98. The van der Waals surface area contributed by atoms with Crippen LogP contribution >= 0.6 is 23.5 Å². The number of aryl methyl sites for hydroxylation is 1. The molecule has 2 aliphatic heterocycles. The highest BCUT2D eigenvalue weighted by atomic mass is 32.2. The van der Waals surface area contributed by atoms with Gasteiger partial charge in [-0.2, -0.15) is 0 Å². The fraction of sp³-hybridized carbons (Fsp3) is 0.393. The normalized spacial score (nSPS) is 15.5. The minimum absolute atomic E-state index is 0.0890. The molecular weight excluding hydrogens is 506 g/mol. The average Bonchev–Trinajstić information content (AvgIpc) is 3.41. The maximum atomic E-state index is 13.5. The van der Waals surface area contributed by atoms with Crippen molar-refractivity contribution in [2.24, 2.45) is 5.92 Å². The first-order valence-electron chi connectivity index (χ1n) is 12.5. The number of thioether (sulfide) groups is 2. The Bertz CT molecular complexity index is 1320. The van der Waals surface area contributed by atoms with E-state index in [4.69, 9.17) is 14.5 Å². The summed E-state index contributed by atoms with van der Waals surface area (Å²) in [6.45, 7) is 1.54. The summed E-state index contributed by atoms with van der Waals surface area (Å²) in [6.07, 6.45) is 3.84. The maximum Gasteiger partial charge on any atom is 0.272 e. The Morgan fingerprint density at radius 2 is 1.84 bits per heavy atom. The number of rotatable bonds is 8. The Kier molecular flexibility index (Phi) is 8.10. The van der Waals surface area contributed by atoms with E-state index < -0.39 is 0 Å². The highest BCUT2D eigenvalue weighted by Gasteiger charge is 2.26. The molecule has 1 saturated heterocycles. The van der Waals surface area contributed by atoms with Gasteiger partial charge in [0.2, 0.25) is 5.91 Å². The Morgan fingerprint density at radius 1 is 1.08 bits per heavy atom. The largest absolute Gasteiger partial charge is 0.493 e. The summed E-state index contributed by atoms with van der Waals surface area (Å²) in [7, 11) is 3.15. The smallest absolute Gasteiger partial charge is 0.272 e. The molecule has 1 amide bonds. The Balaban J connectivity index is 1.30. The van der Waals surface area contributed by atoms with Crippen LogP contribution < -0.4 is 15.0 Å². The lowest BCUT2D eigenvalue weighted by Crippen LogP contribution is -2.40. The minimum Gasteiger partial charge on any atom is -0.493 e. The predicted octanol–water partition coefficient (Wildman–Crippen LogP) is 4.47. The molecule has 5 rings (SSSR count). The van der Waals surface area contributed by atoms with Gasteiger partial charge < -0.3 is 14.4 Å². The van der Waals surface area contributed by atoms with Gasteiger partial charge >= 0.3 is 0 Å². The molecule has 194 valence electrons. The average molecular weight is 538 g/mol. The Labute approximate surface area is 225 Å². The second-order valence-electron chi connectivity index (χ2n) is 9.25. The molecule has 3 heterocycles. The summed E-state index contributed by atoms with van der Waals surface area (Å²) in [5.41, 5.74) is 2.72. The van der Waals surface area contributed by atoms with E-state index in [0.717, 1.165) is 50.2 Å². The quantitative estimate of drug-likeness (QED) is 0.310. The first-order valence-corrected chi connectivity index (χ1v) is 14.5. The molecular formula is C28H31N3O4S2. The summed E-state index contributed by atoms with van der Waals surface area (Å²) < 4.78 is 12.4. The van der Waals surface area contributed by atoms with Crippen molar-refractivity contribution in [3.05, 3.63) is 70.1 Å². The monoisotopic (exact) mass is 537 g/mol. The number of carbonyl (C=O) groups excluding carboxylic acids is 1. The number of hydrogen-bond donors (Lipinski definition) is 0. The molecule has 0 saturated carbocycles. The SMILES string of the molecule is COc1ccc(-n2c(SCC(=O)N3CCC(Cc4ccccc4)CC3)nc3c(c2=O)SCC3)cc1OC. The number of nitrogens with zero attached hydrogens (tertiary/aromatic N) is 3. The van der Waals surface area contributed by atoms with Crippen molar-refractivity contribution in [1.29, 1.82) is 0 Å².